The Morgan fingerprint density at radius 3 is 2.50 bits per heavy atom. The van der Waals surface area contributed by atoms with Gasteiger partial charge in [0.2, 0.25) is 0 Å². The van der Waals surface area contributed by atoms with E-state index in [1.807, 2.05) is 30.3 Å². The second kappa shape index (κ2) is 4.68. The van der Waals surface area contributed by atoms with Gasteiger partial charge in [0.15, 0.2) is 6.29 Å². The van der Waals surface area contributed by atoms with Gasteiger partial charge in [0.25, 0.3) is 0 Å². The molecule has 1 atom stereocenters. The summed E-state index contributed by atoms with van der Waals surface area (Å²) in [6.07, 6.45) is -0.295. The van der Waals surface area contributed by atoms with Gasteiger partial charge in [-0.25, -0.2) is 0 Å². The second-order valence-corrected chi connectivity index (χ2v) is 4.49. The third kappa shape index (κ3) is 2.41. The lowest BCUT2D eigenvalue weighted by Crippen LogP contribution is -2.17. The zero-order valence-corrected chi connectivity index (χ0v) is 8.53. The highest BCUT2D eigenvalue weighted by molar-refractivity contribution is 7.85. The van der Waals surface area contributed by atoms with Crippen LogP contribution in [-0.2, 0) is 20.3 Å². The van der Waals surface area contributed by atoms with Gasteiger partial charge >= 0.3 is 0 Å². The Labute approximate surface area is 85.5 Å². The molecule has 0 aromatic heterocycles. The molecule has 3 nitrogen and oxygen atoms in total. The first-order valence-electron chi connectivity index (χ1n) is 4.53. The topological polar surface area (TPSA) is 35.5 Å². The van der Waals surface area contributed by atoms with Crippen molar-refractivity contribution < 1.29 is 13.7 Å². The monoisotopic (exact) mass is 212 g/mol. The lowest BCUT2D eigenvalue weighted by molar-refractivity contribution is -0.0220. The van der Waals surface area contributed by atoms with Gasteiger partial charge in [0.05, 0.1) is 29.8 Å². The van der Waals surface area contributed by atoms with E-state index < -0.39 is 10.8 Å². The summed E-state index contributed by atoms with van der Waals surface area (Å²) >= 11 is 0. The summed E-state index contributed by atoms with van der Waals surface area (Å²) in [5, 5.41) is 0. The molecule has 2 rings (SSSR count). The van der Waals surface area contributed by atoms with Crippen LogP contribution in [-0.4, -0.2) is 29.5 Å². The molecule has 1 aliphatic heterocycles. The summed E-state index contributed by atoms with van der Waals surface area (Å²) in [7, 11) is -1.02. The van der Waals surface area contributed by atoms with E-state index in [0.717, 1.165) is 4.90 Å². The largest absolute Gasteiger partial charge is 0.349 e. The molecular formula is C10H12O3S. The van der Waals surface area contributed by atoms with Crippen LogP contribution in [0, 0.1) is 0 Å². The van der Waals surface area contributed by atoms with Crippen molar-refractivity contribution in [2.24, 2.45) is 0 Å². The highest BCUT2D eigenvalue weighted by atomic mass is 32.2. The van der Waals surface area contributed by atoms with E-state index in [9.17, 15) is 4.21 Å². The van der Waals surface area contributed by atoms with E-state index in [4.69, 9.17) is 9.47 Å². The van der Waals surface area contributed by atoms with Crippen LogP contribution in [0.5, 0.6) is 0 Å². The van der Waals surface area contributed by atoms with Crippen LogP contribution < -0.4 is 0 Å². The molecule has 76 valence electrons. The zero-order chi connectivity index (χ0) is 9.80. The average molecular weight is 212 g/mol. The summed E-state index contributed by atoms with van der Waals surface area (Å²) in [6.45, 7) is 1.22. The SMILES string of the molecule is O=S(CC1OCCO1)c1ccccc1. The van der Waals surface area contributed by atoms with E-state index >= 15 is 0 Å². The average Bonchev–Trinajstić information content (AvgIpc) is 2.72. The van der Waals surface area contributed by atoms with Gasteiger partial charge in [0, 0.05) is 4.90 Å². The van der Waals surface area contributed by atoms with Gasteiger partial charge in [-0.2, -0.15) is 0 Å². The van der Waals surface area contributed by atoms with Crippen molar-refractivity contribution in [2.75, 3.05) is 19.0 Å². The molecule has 14 heavy (non-hydrogen) atoms. The minimum Gasteiger partial charge on any atom is -0.349 e. The lowest BCUT2D eigenvalue weighted by Gasteiger charge is -2.07. The maximum absolute atomic E-state index is 11.8. The predicted octanol–water partition coefficient (Wildman–Crippen LogP) is 1.17. The quantitative estimate of drug-likeness (QED) is 0.754. The van der Waals surface area contributed by atoms with E-state index in [1.165, 1.54) is 0 Å². The molecular weight excluding hydrogens is 200 g/mol. The molecule has 1 fully saturated rings. The van der Waals surface area contributed by atoms with Crippen molar-refractivity contribution in [3.8, 4) is 0 Å². The molecule has 4 heteroatoms. The number of rotatable bonds is 3. The van der Waals surface area contributed by atoms with Crippen LogP contribution in [0.3, 0.4) is 0 Å². The molecule has 0 spiro atoms. The molecule has 0 N–H and O–H groups in total. The fourth-order valence-corrected chi connectivity index (χ4v) is 2.39. The predicted molar refractivity (Wildman–Crippen MR) is 53.4 cm³/mol. The molecule has 1 aromatic rings. The summed E-state index contributed by atoms with van der Waals surface area (Å²) in [5.41, 5.74) is 0. The summed E-state index contributed by atoms with van der Waals surface area (Å²) < 4.78 is 22.2. The normalized spacial score (nSPS) is 19.7. The Balaban J connectivity index is 1.95. The molecule has 1 aliphatic rings. The standard InChI is InChI=1S/C10H12O3S/c11-14(8-10-12-6-7-13-10)9-4-2-1-3-5-9/h1-5,10H,6-8H2. The number of hydrogen-bond acceptors (Lipinski definition) is 3. The number of ether oxygens (including phenoxy) is 2. The van der Waals surface area contributed by atoms with Crippen molar-refractivity contribution in [3.05, 3.63) is 30.3 Å². The maximum Gasteiger partial charge on any atom is 0.169 e. The van der Waals surface area contributed by atoms with Crippen LogP contribution in [0.4, 0.5) is 0 Å². The van der Waals surface area contributed by atoms with E-state index in [-0.39, 0.29) is 6.29 Å². The van der Waals surface area contributed by atoms with Gasteiger partial charge in [-0.05, 0) is 12.1 Å². The molecule has 1 aromatic carbocycles. The van der Waals surface area contributed by atoms with Crippen molar-refractivity contribution in [2.45, 2.75) is 11.2 Å². The molecule has 0 radical (unpaired) electrons. The van der Waals surface area contributed by atoms with E-state index in [1.54, 1.807) is 0 Å². The molecule has 1 unspecified atom stereocenters. The number of hydrogen-bond donors (Lipinski definition) is 0. The molecule has 0 saturated carbocycles. The third-order valence-corrected chi connectivity index (χ3v) is 3.36. The Kier molecular flexibility index (Phi) is 3.29. The Morgan fingerprint density at radius 2 is 1.86 bits per heavy atom. The Hall–Kier alpha value is -0.710. The first-order chi connectivity index (χ1) is 6.86. The fraction of sp³-hybridized carbons (Fsp3) is 0.400. The molecule has 0 bridgehead atoms. The van der Waals surface area contributed by atoms with Gasteiger partial charge in [0.1, 0.15) is 0 Å². The Morgan fingerprint density at radius 1 is 1.21 bits per heavy atom. The highest BCUT2D eigenvalue weighted by Crippen LogP contribution is 2.11. The van der Waals surface area contributed by atoms with Gasteiger partial charge in [-0.3, -0.25) is 4.21 Å². The maximum atomic E-state index is 11.8. The highest BCUT2D eigenvalue weighted by Gasteiger charge is 2.19. The zero-order valence-electron chi connectivity index (χ0n) is 7.72. The minimum atomic E-state index is -1.02. The van der Waals surface area contributed by atoms with Gasteiger partial charge < -0.3 is 9.47 Å². The summed E-state index contributed by atoms with van der Waals surface area (Å²) in [4.78, 5) is 0.826. The summed E-state index contributed by atoms with van der Waals surface area (Å²) in [6, 6.07) is 9.37. The smallest absolute Gasteiger partial charge is 0.169 e. The van der Waals surface area contributed by atoms with Gasteiger partial charge in [-0.1, -0.05) is 18.2 Å². The Bertz CT molecular complexity index is 306. The first kappa shape index (κ1) is 9.83. The molecule has 0 aliphatic carbocycles. The third-order valence-electron chi connectivity index (χ3n) is 1.98. The van der Waals surface area contributed by atoms with Crippen molar-refractivity contribution in [1.29, 1.82) is 0 Å². The summed E-state index contributed by atoms with van der Waals surface area (Å²) in [5.74, 6) is 0.421. The van der Waals surface area contributed by atoms with Crippen LogP contribution in [0.15, 0.2) is 35.2 Å². The molecule has 0 amide bonds. The minimum absolute atomic E-state index is 0.295. The van der Waals surface area contributed by atoms with E-state index in [0.29, 0.717) is 19.0 Å². The first-order valence-corrected chi connectivity index (χ1v) is 5.85. The van der Waals surface area contributed by atoms with Crippen molar-refractivity contribution in [1.82, 2.24) is 0 Å². The van der Waals surface area contributed by atoms with Gasteiger partial charge in [-0.15, -0.1) is 0 Å². The van der Waals surface area contributed by atoms with E-state index in [2.05, 4.69) is 0 Å². The fourth-order valence-electron chi connectivity index (χ4n) is 1.30. The second-order valence-electron chi connectivity index (χ2n) is 3.00. The number of benzene rings is 1. The van der Waals surface area contributed by atoms with Crippen LogP contribution in [0.1, 0.15) is 0 Å². The van der Waals surface area contributed by atoms with Crippen LogP contribution >= 0.6 is 0 Å². The molecule has 1 saturated heterocycles. The molecule has 1 heterocycles. The van der Waals surface area contributed by atoms with Crippen molar-refractivity contribution >= 4 is 10.8 Å². The van der Waals surface area contributed by atoms with Crippen LogP contribution in [0.2, 0.25) is 0 Å². The lowest BCUT2D eigenvalue weighted by atomic mass is 10.4. The van der Waals surface area contributed by atoms with Crippen molar-refractivity contribution in [3.63, 3.8) is 0 Å². The van der Waals surface area contributed by atoms with Crippen LogP contribution in [0.25, 0.3) is 0 Å².